The van der Waals surface area contributed by atoms with Crippen molar-refractivity contribution in [2.24, 2.45) is 0 Å². The molecule has 1 heterocycles. The number of carboxylic acid groups (broad SMARTS) is 1. The number of carboxylic acids is 1. The van der Waals surface area contributed by atoms with E-state index in [2.05, 4.69) is 0 Å². The van der Waals surface area contributed by atoms with Crippen LogP contribution in [0.2, 0.25) is 0 Å². The Morgan fingerprint density at radius 2 is 1.79 bits per heavy atom. The van der Waals surface area contributed by atoms with E-state index in [4.69, 9.17) is 14.9 Å². The first kappa shape index (κ1) is 26.6. The monoisotopic (exact) mass is 538 g/mol. The van der Waals surface area contributed by atoms with Gasteiger partial charge in [0.1, 0.15) is 23.8 Å². The highest BCUT2D eigenvalue weighted by atomic mass is 19.4. The Morgan fingerprint density at radius 1 is 1.08 bits per heavy atom. The standard InChI is InChI=1S/C30H29F3N2O4/c1-18(14-28(37)38)20-7-10-23(11-8-20)39-17-19-6-12-24-26(15-19)35(22-4-2-3-5-22)34-29(24)21-9-13-27(36)25(16-21)30(31,32)33/h6-13,15-16,18,22,36H,2-5,14,17H2,1H3,(H,37,38)/t18-/m0/s1. The number of halogens is 3. The van der Waals surface area contributed by atoms with Gasteiger partial charge in [-0.05, 0) is 66.3 Å². The molecule has 1 aliphatic carbocycles. The summed E-state index contributed by atoms with van der Waals surface area (Å²) in [6.45, 7) is 2.14. The van der Waals surface area contributed by atoms with Gasteiger partial charge in [0.15, 0.2) is 0 Å². The zero-order valence-corrected chi connectivity index (χ0v) is 21.4. The van der Waals surface area contributed by atoms with E-state index in [0.717, 1.165) is 59.8 Å². The van der Waals surface area contributed by atoms with E-state index in [1.807, 2.05) is 54.1 Å². The average molecular weight is 539 g/mol. The SMILES string of the molecule is C[C@@H](CC(=O)O)c1ccc(OCc2ccc3c(-c4ccc(O)c(C(F)(F)F)c4)nn(C4CCCC4)c3c2)cc1. The maximum Gasteiger partial charge on any atom is 0.419 e. The average Bonchev–Trinajstić information content (AvgIpc) is 3.55. The van der Waals surface area contributed by atoms with E-state index in [1.165, 1.54) is 6.07 Å². The molecule has 39 heavy (non-hydrogen) atoms. The number of carbonyl (C=O) groups is 1. The molecule has 0 spiro atoms. The number of rotatable bonds is 8. The van der Waals surface area contributed by atoms with Crippen molar-refractivity contribution in [3.05, 3.63) is 77.4 Å². The summed E-state index contributed by atoms with van der Waals surface area (Å²) in [6, 6.07) is 16.7. The number of benzene rings is 3. The summed E-state index contributed by atoms with van der Waals surface area (Å²) in [5.41, 5.74) is 2.29. The molecule has 204 valence electrons. The van der Waals surface area contributed by atoms with Crippen molar-refractivity contribution in [1.29, 1.82) is 0 Å². The van der Waals surface area contributed by atoms with Gasteiger partial charge >= 0.3 is 12.1 Å². The highest BCUT2D eigenvalue weighted by Gasteiger charge is 2.34. The molecule has 1 fully saturated rings. The third-order valence-corrected chi connectivity index (χ3v) is 7.35. The van der Waals surface area contributed by atoms with Gasteiger partial charge < -0.3 is 14.9 Å². The van der Waals surface area contributed by atoms with Crippen LogP contribution in [0.4, 0.5) is 13.2 Å². The number of ether oxygens (including phenoxy) is 1. The fourth-order valence-corrected chi connectivity index (χ4v) is 5.26. The Kier molecular flexibility index (Phi) is 7.25. The molecule has 1 atom stereocenters. The Morgan fingerprint density at radius 3 is 2.46 bits per heavy atom. The summed E-state index contributed by atoms with van der Waals surface area (Å²) in [6.07, 6.45) is -0.579. The van der Waals surface area contributed by atoms with Crippen LogP contribution in [0.1, 0.15) is 67.7 Å². The van der Waals surface area contributed by atoms with Crippen molar-refractivity contribution < 1.29 is 32.9 Å². The third-order valence-electron chi connectivity index (χ3n) is 7.35. The van der Waals surface area contributed by atoms with Crippen LogP contribution in [0.5, 0.6) is 11.5 Å². The number of alkyl halides is 3. The normalized spacial score (nSPS) is 15.1. The van der Waals surface area contributed by atoms with Gasteiger partial charge in [-0.25, -0.2) is 0 Å². The van der Waals surface area contributed by atoms with Crippen molar-refractivity contribution >= 4 is 16.9 Å². The molecular formula is C30H29F3N2O4. The predicted octanol–water partition coefficient (Wildman–Crippen LogP) is 7.70. The van der Waals surface area contributed by atoms with Crippen LogP contribution >= 0.6 is 0 Å². The summed E-state index contributed by atoms with van der Waals surface area (Å²) in [5.74, 6) is -1.11. The van der Waals surface area contributed by atoms with Crippen molar-refractivity contribution in [2.75, 3.05) is 0 Å². The van der Waals surface area contributed by atoms with Gasteiger partial charge in [-0.3, -0.25) is 9.48 Å². The Balaban J connectivity index is 1.44. The smallest absolute Gasteiger partial charge is 0.419 e. The van der Waals surface area contributed by atoms with E-state index in [9.17, 15) is 23.1 Å². The number of hydrogen-bond acceptors (Lipinski definition) is 4. The zero-order valence-electron chi connectivity index (χ0n) is 21.4. The molecular weight excluding hydrogens is 509 g/mol. The lowest BCUT2D eigenvalue weighted by Gasteiger charge is -2.13. The number of phenols is 1. The summed E-state index contributed by atoms with van der Waals surface area (Å²) >= 11 is 0. The minimum atomic E-state index is -4.68. The number of aromatic hydroxyl groups is 1. The van der Waals surface area contributed by atoms with E-state index in [0.29, 0.717) is 17.0 Å². The lowest BCUT2D eigenvalue weighted by atomic mass is 9.98. The second-order valence-corrected chi connectivity index (χ2v) is 10.2. The van der Waals surface area contributed by atoms with E-state index in [1.54, 1.807) is 0 Å². The molecule has 1 aliphatic rings. The Labute approximate surface area is 223 Å². The number of phenolic OH excluding ortho intramolecular Hbond substituents is 1. The lowest BCUT2D eigenvalue weighted by Crippen LogP contribution is -2.07. The molecule has 0 unspecified atom stereocenters. The second kappa shape index (κ2) is 10.6. The van der Waals surface area contributed by atoms with Crippen LogP contribution in [0, 0.1) is 0 Å². The third kappa shape index (κ3) is 5.72. The van der Waals surface area contributed by atoms with Gasteiger partial charge in [0.2, 0.25) is 0 Å². The maximum absolute atomic E-state index is 13.5. The number of aliphatic carboxylic acids is 1. The lowest BCUT2D eigenvalue weighted by molar-refractivity contribution is -0.139. The van der Waals surface area contributed by atoms with Crippen LogP contribution in [0.3, 0.4) is 0 Å². The fraction of sp³-hybridized carbons (Fsp3) is 0.333. The molecule has 1 aromatic heterocycles. The van der Waals surface area contributed by atoms with Crippen LogP contribution in [0.25, 0.3) is 22.2 Å². The molecule has 5 rings (SSSR count). The van der Waals surface area contributed by atoms with Gasteiger partial charge in [0.25, 0.3) is 0 Å². The summed E-state index contributed by atoms with van der Waals surface area (Å²) in [4.78, 5) is 11.0. The van der Waals surface area contributed by atoms with Crippen molar-refractivity contribution in [1.82, 2.24) is 9.78 Å². The topological polar surface area (TPSA) is 84.6 Å². The van der Waals surface area contributed by atoms with E-state index >= 15 is 0 Å². The molecule has 0 saturated heterocycles. The molecule has 0 bridgehead atoms. The number of aromatic nitrogens is 2. The van der Waals surface area contributed by atoms with Crippen molar-refractivity contribution in [2.45, 2.75) is 63.8 Å². The fourth-order valence-electron chi connectivity index (χ4n) is 5.26. The van der Waals surface area contributed by atoms with E-state index in [-0.39, 0.29) is 25.0 Å². The summed E-state index contributed by atoms with van der Waals surface area (Å²) in [7, 11) is 0. The molecule has 4 aromatic rings. The first-order valence-electron chi connectivity index (χ1n) is 13.0. The summed E-state index contributed by atoms with van der Waals surface area (Å²) in [5, 5.41) is 24.3. The molecule has 1 saturated carbocycles. The van der Waals surface area contributed by atoms with Gasteiger partial charge in [-0.1, -0.05) is 44.0 Å². The van der Waals surface area contributed by atoms with Gasteiger partial charge in [-0.2, -0.15) is 18.3 Å². The number of hydrogen-bond donors (Lipinski definition) is 2. The number of nitrogens with zero attached hydrogens (tertiary/aromatic N) is 2. The van der Waals surface area contributed by atoms with Crippen LogP contribution in [-0.4, -0.2) is 26.0 Å². The van der Waals surface area contributed by atoms with Crippen LogP contribution < -0.4 is 4.74 Å². The Hall–Kier alpha value is -4.01. The molecule has 0 radical (unpaired) electrons. The maximum atomic E-state index is 13.5. The zero-order chi connectivity index (χ0) is 27.7. The molecule has 9 heteroatoms. The van der Waals surface area contributed by atoms with Crippen LogP contribution in [0.15, 0.2) is 60.7 Å². The first-order chi connectivity index (χ1) is 18.6. The van der Waals surface area contributed by atoms with Crippen molar-refractivity contribution in [3.8, 4) is 22.8 Å². The van der Waals surface area contributed by atoms with E-state index < -0.39 is 23.5 Å². The molecule has 6 nitrogen and oxygen atoms in total. The summed E-state index contributed by atoms with van der Waals surface area (Å²) < 4.78 is 48.3. The highest BCUT2D eigenvalue weighted by Crippen LogP contribution is 2.41. The largest absolute Gasteiger partial charge is 0.507 e. The first-order valence-corrected chi connectivity index (χ1v) is 13.0. The van der Waals surface area contributed by atoms with Crippen LogP contribution in [-0.2, 0) is 17.6 Å². The van der Waals surface area contributed by atoms with Gasteiger partial charge in [0.05, 0.1) is 23.5 Å². The minimum Gasteiger partial charge on any atom is -0.507 e. The Bertz CT molecular complexity index is 1490. The molecule has 3 aromatic carbocycles. The predicted molar refractivity (Wildman–Crippen MR) is 141 cm³/mol. The quantitative estimate of drug-likeness (QED) is 0.240. The second-order valence-electron chi connectivity index (χ2n) is 10.2. The minimum absolute atomic E-state index is 0.0541. The molecule has 2 N–H and O–H groups in total. The van der Waals surface area contributed by atoms with Gasteiger partial charge in [-0.15, -0.1) is 0 Å². The molecule has 0 aliphatic heterocycles. The van der Waals surface area contributed by atoms with Gasteiger partial charge in [0, 0.05) is 10.9 Å². The van der Waals surface area contributed by atoms with Crippen molar-refractivity contribution in [3.63, 3.8) is 0 Å². The highest BCUT2D eigenvalue weighted by molar-refractivity contribution is 5.94. The number of fused-ring (bicyclic) bond motifs is 1. The molecule has 0 amide bonds.